The van der Waals surface area contributed by atoms with Crippen LogP contribution < -0.4 is 5.32 Å². The zero-order chi connectivity index (χ0) is 13.8. The van der Waals surface area contributed by atoms with Crippen LogP contribution in [0.15, 0.2) is 36.5 Å². The number of halogens is 1. The maximum absolute atomic E-state index is 13.4. The standard InChI is InChI=1S/C14H10FN3O/c1-9-5-6-10(8-17-9)14(19)18-13-4-2-3-12(15)11(13)7-16/h2-6,8H,1H3,(H,18,19). The van der Waals surface area contributed by atoms with Gasteiger partial charge >= 0.3 is 0 Å². The molecule has 94 valence electrons. The molecule has 2 rings (SSSR count). The molecule has 2 aromatic rings. The Kier molecular flexibility index (Phi) is 3.53. The molecule has 0 fully saturated rings. The number of hydrogen-bond donors (Lipinski definition) is 1. The summed E-state index contributed by atoms with van der Waals surface area (Å²) in [7, 11) is 0. The van der Waals surface area contributed by atoms with Gasteiger partial charge in [-0.25, -0.2) is 4.39 Å². The fourth-order valence-corrected chi connectivity index (χ4v) is 1.54. The van der Waals surface area contributed by atoms with Gasteiger partial charge in [0, 0.05) is 11.9 Å². The van der Waals surface area contributed by atoms with Crippen LogP contribution >= 0.6 is 0 Å². The molecule has 0 saturated heterocycles. The molecule has 1 heterocycles. The zero-order valence-corrected chi connectivity index (χ0v) is 10.1. The molecule has 0 atom stereocenters. The Hall–Kier alpha value is -2.74. The molecule has 1 aromatic heterocycles. The molecule has 1 N–H and O–H groups in total. The molecule has 1 aromatic carbocycles. The number of anilines is 1. The average Bonchev–Trinajstić information content (AvgIpc) is 2.39. The number of nitrogens with zero attached hydrogens (tertiary/aromatic N) is 2. The number of hydrogen-bond acceptors (Lipinski definition) is 3. The van der Waals surface area contributed by atoms with E-state index in [0.717, 1.165) is 5.69 Å². The summed E-state index contributed by atoms with van der Waals surface area (Å²) in [5.41, 5.74) is 1.10. The van der Waals surface area contributed by atoms with E-state index in [-0.39, 0.29) is 11.3 Å². The Morgan fingerprint density at radius 1 is 1.37 bits per heavy atom. The highest BCUT2D eigenvalue weighted by Gasteiger charge is 2.12. The van der Waals surface area contributed by atoms with Crippen LogP contribution in [-0.4, -0.2) is 10.9 Å². The number of nitrogens with one attached hydrogen (secondary N) is 1. The maximum atomic E-state index is 13.4. The minimum atomic E-state index is -0.665. The number of nitriles is 1. The Morgan fingerprint density at radius 2 is 2.16 bits per heavy atom. The number of carbonyl (C=O) groups is 1. The predicted molar refractivity (Wildman–Crippen MR) is 68.0 cm³/mol. The second-order valence-corrected chi connectivity index (χ2v) is 3.92. The van der Waals surface area contributed by atoms with Crippen molar-refractivity contribution in [2.75, 3.05) is 5.32 Å². The van der Waals surface area contributed by atoms with Crippen molar-refractivity contribution in [3.63, 3.8) is 0 Å². The van der Waals surface area contributed by atoms with Crippen LogP contribution in [0.5, 0.6) is 0 Å². The smallest absolute Gasteiger partial charge is 0.257 e. The molecule has 0 aliphatic carbocycles. The van der Waals surface area contributed by atoms with Crippen LogP contribution in [0.2, 0.25) is 0 Å². The second kappa shape index (κ2) is 5.27. The molecule has 5 heteroatoms. The van der Waals surface area contributed by atoms with E-state index in [0.29, 0.717) is 5.56 Å². The summed E-state index contributed by atoms with van der Waals surface area (Å²) < 4.78 is 13.4. The van der Waals surface area contributed by atoms with Crippen LogP contribution in [0, 0.1) is 24.1 Å². The minimum Gasteiger partial charge on any atom is -0.321 e. The summed E-state index contributed by atoms with van der Waals surface area (Å²) in [4.78, 5) is 15.9. The molecule has 0 aliphatic rings. The predicted octanol–water partition coefficient (Wildman–Crippen LogP) is 2.65. The lowest BCUT2D eigenvalue weighted by atomic mass is 10.1. The molecule has 0 saturated carbocycles. The number of aromatic nitrogens is 1. The molecule has 0 spiro atoms. The van der Waals surface area contributed by atoms with Gasteiger partial charge in [-0.05, 0) is 31.2 Å². The largest absolute Gasteiger partial charge is 0.321 e. The lowest BCUT2D eigenvalue weighted by Gasteiger charge is -2.07. The van der Waals surface area contributed by atoms with Crippen molar-refractivity contribution in [2.24, 2.45) is 0 Å². The van der Waals surface area contributed by atoms with Gasteiger partial charge in [-0.2, -0.15) is 5.26 Å². The lowest BCUT2D eigenvalue weighted by Crippen LogP contribution is -2.13. The van der Waals surface area contributed by atoms with Gasteiger partial charge in [-0.15, -0.1) is 0 Å². The van der Waals surface area contributed by atoms with Gasteiger partial charge in [0.1, 0.15) is 17.4 Å². The molecule has 19 heavy (non-hydrogen) atoms. The first-order valence-electron chi connectivity index (χ1n) is 5.54. The van der Waals surface area contributed by atoms with E-state index in [9.17, 15) is 9.18 Å². The number of carbonyl (C=O) groups excluding carboxylic acids is 1. The van der Waals surface area contributed by atoms with Gasteiger partial charge in [0.15, 0.2) is 0 Å². The van der Waals surface area contributed by atoms with Crippen molar-refractivity contribution in [1.29, 1.82) is 5.26 Å². The number of aryl methyl sites for hydroxylation is 1. The molecule has 0 aliphatic heterocycles. The average molecular weight is 255 g/mol. The van der Waals surface area contributed by atoms with Gasteiger partial charge in [-0.3, -0.25) is 9.78 Å². The van der Waals surface area contributed by atoms with Crippen LogP contribution in [0.3, 0.4) is 0 Å². The molecular formula is C14H10FN3O. The van der Waals surface area contributed by atoms with Crippen LogP contribution in [0.25, 0.3) is 0 Å². The van der Waals surface area contributed by atoms with E-state index < -0.39 is 11.7 Å². The summed E-state index contributed by atoms with van der Waals surface area (Å²) >= 11 is 0. The highest BCUT2D eigenvalue weighted by molar-refractivity contribution is 6.04. The maximum Gasteiger partial charge on any atom is 0.257 e. The molecule has 1 amide bonds. The van der Waals surface area contributed by atoms with Gasteiger partial charge < -0.3 is 5.32 Å². The summed E-state index contributed by atoms with van der Waals surface area (Å²) in [5, 5.41) is 11.4. The van der Waals surface area contributed by atoms with Crippen LogP contribution in [0.4, 0.5) is 10.1 Å². The third kappa shape index (κ3) is 2.75. The van der Waals surface area contributed by atoms with Crippen molar-refractivity contribution in [3.8, 4) is 6.07 Å². The summed E-state index contributed by atoms with van der Waals surface area (Å²) in [6, 6.07) is 9.11. The molecular weight excluding hydrogens is 245 g/mol. The van der Waals surface area contributed by atoms with Crippen molar-refractivity contribution in [3.05, 3.63) is 59.2 Å². The molecule has 0 bridgehead atoms. The number of amides is 1. The fourth-order valence-electron chi connectivity index (χ4n) is 1.54. The van der Waals surface area contributed by atoms with Crippen LogP contribution in [-0.2, 0) is 0 Å². The second-order valence-electron chi connectivity index (χ2n) is 3.92. The van der Waals surface area contributed by atoms with Crippen molar-refractivity contribution < 1.29 is 9.18 Å². The van der Waals surface area contributed by atoms with Gasteiger partial charge in [0.2, 0.25) is 0 Å². The highest BCUT2D eigenvalue weighted by atomic mass is 19.1. The number of rotatable bonds is 2. The quantitative estimate of drug-likeness (QED) is 0.897. The topological polar surface area (TPSA) is 65.8 Å². The Labute approximate surface area is 109 Å². The van der Waals surface area contributed by atoms with Gasteiger partial charge in [-0.1, -0.05) is 6.07 Å². The van der Waals surface area contributed by atoms with Gasteiger partial charge in [0.05, 0.1) is 11.3 Å². The number of benzene rings is 1. The molecule has 0 unspecified atom stereocenters. The first-order valence-corrected chi connectivity index (χ1v) is 5.54. The summed E-state index contributed by atoms with van der Waals surface area (Å²) in [5.74, 6) is -1.10. The van der Waals surface area contributed by atoms with E-state index in [2.05, 4.69) is 10.3 Å². The third-order valence-electron chi connectivity index (χ3n) is 2.55. The van der Waals surface area contributed by atoms with Crippen molar-refractivity contribution >= 4 is 11.6 Å². The van der Waals surface area contributed by atoms with E-state index >= 15 is 0 Å². The van der Waals surface area contributed by atoms with E-state index in [1.54, 1.807) is 18.2 Å². The summed E-state index contributed by atoms with van der Waals surface area (Å²) in [6.45, 7) is 1.81. The van der Waals surface area contributed by atoms with Crippen molar-refractivity contribution in [1.82, 2.24) is 4.98 Å². The first kappa shape index (κ1) is 12.7. The first-order chi connectivity index (χ1) is 9.11. The highest BCUT2D eigenvalue weighted by Crippen LogP contribution is 2.18. The van der Waals surface area contributed by atoms with E-state index in [1.165, 1.54) is 24.4 Å². The minimum absolute atomic E-state index is 0.146. The number of pyridine rings is 1. The Balaban J connectivity index is 2.27. The lowest BCUT2D eigenvalue weighted by molar-refractivity contribution is 0.102. The normalized spacial score (nSPS) is 9.74. The van der Waals surface area contributed by atoms with Crippen molar-refractivity contribution in [2.45, 2.75) is 6.92 Å². The van der Waals surface area contributed by atoms with E-state index in [1.807, 2.05) is 6.92 Å². The SMILES string of the molecule is Cc1ccc(C(=O)Nc2cccc(F)c2C#N)cn1. The van der Waals surface area contributed by atoms with E-state index in [4.69, 9.17) is 5.26 Å². The molecule has 0 radical (unpaired) electrons. The van der Waals surface area contributed by atoms with Gasteiger partial charge in [0.25, 0.3) is 5.91 Å². The monoisotopic (exact) mass is 255 g/mol. The molecule has 4 nitrogen and oxygen atoms in total. The zero-order valence-electron chi connectivity index (χ0n) is 10.1. The fraction of sp³-hybridized carbons (Fsp3) is 0.0714. The van der Waals surface area contributed by atoms with Crippen LogP contribution in [0.1, 0.15) is 21.6 Å². The Bertz CT molecular complexity index is 659. The third-order valence-corrected chi connectivity index (χ3v) is 2.55. The summed E-state index contributed by atoms with van der Waals surface area (Å²) in [6.07, 6.45) is 1.43. The Morgan fingerprint density at radius 3 is 2.79 bits per heavy atom.